The number of hydrogen-bond donors (Lipinski definition) is 1. The smallest absolute Gasteiger partial charge is 0.293 e. The monoisotopic (exact) mass is 452 g/mol. The minimum atomic E-state index is -0.453. The maximum absolute atomic E-state index is 12.8. The van der Waals surface area contributed by atoms with E-state index < -0.39 is 10.8 Å². The molecule has 1 aliphatic rings. The second kappa shape index (κ2) is 9.05. The van der Waals surface area contributed by atoms with E-state index in [9.17, 15) is 14.9 Å². The van der Waals surface area contributed by atoms with Gasteiger partial charge in [-0.15, -0.1) is 11.3 Å². The van der Waals surface area contributed by atoms with E-state index in [-0.39, 0.29) is 11.3 Å². The first-order chi connectivity index (χ1) is 15.3. The van der Waals surface area contributed by atoms with Crippen molar-refractivity contribution in [3.05, 3.63) is 68.1 Å². The molecule has 0 radical (unpaired) electrons. The molecule has 2 aromatic carbocycles. The number of benzene rings is 2. The van der Waals surface area contributed by atoms with Crippen LogP contribution in [0.3, 0.4) is 0 Å². The Labute approximate surface area is 190 Å². The van der Waals surface area contributed by atoms with Crippen LogP contribution in [-0.2, 0) is 4.74 Å². The van der Waals surface area contributed by atoms with Crippen molar-refractivity contribution in [2.75, 3.05) is 36.5 Å². The van der Waals surface area contributed by atoms with Gasteiger partial charge in [-0.05, 0) is 55.7 Å². The molecule has 0 saturated carbocycles. The number of carbonyl (C=O) groups is 1. The van der Waals surface area contributed by atoms with Gasteiger partial charge in [0.15, 0.2) is 5.13 Å². The zero-order valence-corrected chi connectivity index (χ0v) is 19.0. The lowest BCUT2D eigenvalue weighted by Crippen LogP contribution is -2.36. The van der Waals surface area contributed by atoms with Crippen LogP contribution in [0.5, 0.6) is 0 Å². The van der Waals surface area contributed by atoms with E-state index in [1.165, 1.54) is 28.5 Å². The van der Waals surface area contributed by atoms with Crippen molar-refractivity contribution >= 4 is 33.8 Å². The first kappa shape index (κ1) is 21.9. The SMILES string of the molecule is Cc1cc(C)c(-c2csc(NC(=O)c3ccc(N4CCOCC4)c([N+](=O)[O-])c3)n2)cc1C. The molecule has 32 heavy (non-hydrogen) atoms. The molecule has 1 saturated heterocycles. The van der Waals surface area contributed by atoms with E-state index in [0.717, 1.165) is 16.8 Å². The van der Waals surface area contributed by atoms with Crippen molar-refractivity contribution in [1.82, 2.24) is 4.98 Å². The number of hydrogen-bond acceptors (Lipinski definition) is 7. The molecule has 0 atom stereocenters. The third kappa shape index (κ3) is 4.49. The Morgan fingerprint density at radius 3 is 2.56 bits per heavy atom. The Balaban J connectivity index is 1.55. The third-order valence-corrected chi connectivity index (χ3v) is 6.39. The van der Waals surface area contributed by atoms with E-state index in [4.69, 9.17) is 4.74 Å². The summed E-state index contributed by atoms with van der Waals surface area (Å²) in [5.41, 5.74) is 5.95. The summed E-state index contributed by atoms with van der Waals surface area (Å²) >= 11 is 1.32. The molecule has 0 unspecified atom stereocenters. The van der Waals surface area contributed by atoms with Crippen LogP contribution in [0.1, 0.15) is 27.0 Å². The Morgan fingerprint density at radius 1 is 1.12 bits per heavy atom. The Morgan fingerprint density at radius 2 is 1.84 bits per heavy atom. The second-order valence-corrected chi connectivity index (χ2v) is 8.66. The summed E-state index contributed by atoms with van der Waals surface area (Å²) in [7, 11) is 0. The summed E-state index contributed by atoms with van der Waals surface area (Å²) in [5, 5.41) is 16.8. The van der Waals surface area contributed by atoms with Gasteiger partial charge >= 0.3 is 0 Å². The van der Waals surface area contributed by atoms with Crippen molar-refractivity contribution in [2.24, 2.45) is 0 Å². The van der Waals surface area contributed by atoms with Gasteiger partial charge in [-0.3, -0.25) is 20.2 Å². The summed E-state index contributed by atoms with van der Waals surface area (Å²) in [6, 6.07) is 8.78. The number of nitro benzene ring substituents is 1. The van der Waals surface area contributed by atoms with Crippen molar-refractivity contribution < 1.29 is 14.5 Å². The lowest BCUT2D eigenvalue weighted by molar-refractivity contribution is -0.384. The number of thiazole rings is 1. The fourth-order valence-electron chi connectivity index (χ4n) is 3.74. The molecule has 8 nitrogen and oxygen atoms in total. The number of morpholine rings is 1. The highest BCUT2D eigenvalue weighted by Crippen LogP contribution is 2.32. The molecule has 0 bridgehead atoms. The van der Waals surface area contributed by atoms with Crippen molar-refractivity contribution in [3.8, 4) is 11.3 Å². The number of nitrogens with one attached hydrogen (secondary N) is 1. The summed E-state index contributed by atoms with van der Waals surface area (Å²) in [4.78, 5) is 30.4. The molecule has 1 amide bonds. The van der Waals surface area contributed by atoms with Crippen LogP contribution < -0.4 is 10.2 Å². The van der Waals surface area contributed by atoms with Gasteiger partial charge in [0.25, 0.3) is 11.6 Å². The number of carbonyl (C=O) groups excluding carboxylic acids is 1. The summed E-state index contributed by atoms with van der Waals surface area (Å²) < 4.78 is 5.32. The summed E-state index contributed by atoms with van der Waals surface area (Å²) in [6.45, 7) is 8.35. The van der Waals surface area contributed by atoms with Crippen LogP contribution in [0.4, 0.5) is 16.5 Å². The number of amides is 1. The van der Waals surface area contributed by atoms with E-state index in [1.807, 2.05) is 17.2 Å². The van der Waals surface area contributed by atoms with Crippen LogP contribution in [0.15, 0.2) is 35.7 Å². The highest BCUT2D eigenvalue weighted by molar-refractivity contribution is 7.14. The number of anilines is 2. The predicted octanol–water partition coefficient (Wildman–Crippen LogP) is 4.73. The van der Waals surface area contributed by atoms with Gasteiger partial charge in [0, 0.05) is 35.7 Å². The summed E-state index contributed by atoms with van der Waals surface area (Å²) in [5.74, 6) is -0.431. The number of ether oxygens (including phenoxy) is 1. The molecule has 0 spiro atoms. The second-order valence-electron chi connectivity index (χ2n) is 7.80. The largest absolute Gasteiger partial charge is 0.378 e. The first-order valence-corrected chi connectivity index (χ1v) is 11.2. The van der Waals surface area contributed by atoms with Gasteiger partial charge in [-0.1, -0.05) is 6.07 Å². The third-order valence-electron chi connectivity index (χ3n) is 5.63. The molecule has 4 rings (SSSR count). The average molecular weight is 453 g/mol. The maximum atomic E-state index is 12.8. The highest BCUT2D eigenvalue weighted by Gasteiger charge is 2.23. The predicted molar refractivity (Wildman–Crippen MR) is 126 cm³/mol. The van der Waals surface area contributed by atoms with Crippen LogP contribution in [0.2, 0.25) is 0 Å². The lowest BCUT2D eigenvalue weighted by atomic mass is 9.99. The highest BCUT2D eigenvalue weighted by atomic mass is 32.1. The molecule has 2 heterocycles. The number of aryl methyl sites for hydroxylation is 3. The normalized spacial score (nSPS) is 13.8. The van der Waals surface area contributed by atoms with E-state index >= 15 is 0 Å². The van der Waals surface area contributed by atoms with Gasteiger partial charge in [0.2, 0.25) is 0 Å². The van der Waals surface area contributed by atoms with Crippen LogP contribution in [0, 0.1) is 30.9 Å². The van der Waals surface area contributed by atoms with E-state index in [0.29, 0.717) is 37.1 Å². The zero-order chi connectivity index (χ0) is 22.8. The molecule has 9 heteroatoms. The van der Waals surface area contributed by atoms with Crippen LogP contribution >= 0.6 is 11.3 Å². The fourth-order valence-corrected chi connectivity index (χ4v) is 4.45. The molecule has 1 aliphatic heterocycles. The van der Waals surface area contributed by atoms with Crippen molar-refractivity contribution in [3.63, 3.8) is 0 Å². The van der Waals surface area contributed by atoms with Gasteiger partial charge in [-0.2, -0.15) is 0 Å². The molecular formula is C23H24N4O4S. The van der Waals surface area contributed by atoms with Crippen LogP contribution in [0.25, 0.3) is 11.3 Å². The number of nitro groups is 1. The quantitative estimate of drug-likeness (QED) is 0.444. The number of nitrogens with zero attached hydrogens (tertiary/aromatic N) is 3. The van der Waals surface area contributed by atoms with Crippen LogP contribution in [-0.4, -0.2) is 42.1 Å². The Hall–Kier alpha value is -3.30. The molecule has 166 valence electrons. The van der Waals surface area contributed by atoms with Crippen molar-refractivity contribution in [1.29, 1.82) is 0 Å². The van der Waals surface area contributed by atoms with Gasteiger partial charge in [0.1, 0.15) is 5.69 Å². The minimum absolute atomic E-state index is 0.0925. The van der Waals surface area contributed by atoms with E-state index in [2.05, 4.69) is 36.3 Å². The zero-order valence-electron chi connectivity index (χ0n) is 18.2. The molecule has 1 fully saturated rings. The van der Waals surface area contributed by atoms with Gasteiger partial charge in [-0.25, -0.2) is 4.98 Å². The minimum Gasteiger partial charge on any atom is -0.378 e. The molecule has 0 aliphatic carbocycles. The summed E-state index contributed by atoms with van der Waals surface area (Å²) in [6.07, 6.45) is 0. The van der Waals surface area contributed by atoms with Gasteiger partial charge < -0.3 is 9.64 Å². The Kier molecular flexibility index (Phi) is 6.20. The molecule has 1 aromatic heterocycles. The fraction of sp³-hybridized carbons (Fsp3) is 0.304. The first-order valence-electron chi connectivity index (χ1n) is 10.3. The molecule has 3 aromatic rings. The number of rotatable bonds is 5. The average Bonchev–Trinajstić information content (AvgIpc) is 3.24. The van der Waals surface area contributed by atoms with E-state index in [1.54, 1.807) is 12.1 Å². The van der Waals surface area contributed by atoms with Gasteiger partial charge in [0.05, 0.1) is 23.8 Å². The Bertz CT molecular complexity index is 1180. The molecular weight excluding hydrogens is 428 g/mol. The van der Waals surface area contributed by atoms with Crippen molar-refractivity contribution in [2.45, 2.75) is 20.8 Å². The molecule has 1 N–H and O–H groups in total. The number of aromatic nitrogens is 1. The maximum Gasteiger partial charge on any atom is 0.293 e. The standard InChI is InChI=1S/C23H24N4O4S/c1-14-10-16(3)18(11-15(14)2)19-13-32-23(24-19)25-22(28)17-4-5-20(21(12-17)27(29)30)26-6-8-31-9-7-26/h4-5,10-13H,6-9H2,1-3H3,(H,24,25,28). The topological polar surface area (TPSA) is 97.6 Å². The lowest BCUT2D eigenvalue weighted by Gasteiger charge is -2.28.